The average Bonchev–Trinajstić information content (AvgIpc) is 3.35. The minimum atomic E-state index is -3.60. The molecule has 1 unspecified atom stereocenters. The lowest BCUT2D eigenvalue weighted by molar-refractivity contribution is -0.126. The maximum Gasteiger partial charge on any atom is 0.243 e. The summed E-state index contributed by atoms with van der Waals surface area (Å²) in [6.45, 7) is 3.32. The Labute approximate surface area is 185 Å². The first-order valence-corrected chi connectivity index (χ1v) is 12.6. The first-order valence-electron chi connectivity index (χ1n) is 11.2. The van der Waals surface area contributed by atoms with Gasteiger partial charge < -0.3 is 10.2 Å². The lowest BCUT2D eigenvalue weighted by atomic mass is 9.99. The molecule has 0 radical (unpaired) electrons. The number of amides is 1. The lowest BCUT2D eigenvalue weighted by Crippen LogP contribution is -2.45. The van der Waals surface area contributed by atoms with Gasteiger partial charge in [0.2, 0.25) is 15.9 Å². The Bertz CT molecular complexity index is 971. The van der Waals surface area contributed by atoms with Gasteiger partial charge in [0.25, 0.3) is 0 Å². The molecule has 0 spiro atoms. The number of hydrogen-bond donors (Lipinski definition) is 1. The number of anilines is 1. The molecule has 2 aliphatic rings. The smallest absolute Gasteiger partial charge is 0.243 e. The summed E-state index contributed by atoms with van der Waals surface area (Å²) in [4.78, 5) is 15.2. The third-order valence-corrected chi connectivity index (χ3v) is 8.14. The summed E-state index contributed by atoms with van der Waals surface area (Å²) in [6.07, 6.45) is 4.55. The predicted molar refractivity (Wildman–Crippen MR) is 123 cm³/mol. The normalized spacial score (nSPS) is 20.0. The Hall–Kier alpha value is -2.38. The van der Waals surface area contributed by atoms with E-state index in [1.54, 1.807) is 12.1 Å². The van der Waals surface area contributed by atoms with Gasteiger partial charge in [-0.2, -0.15) is 4.31 Å². The van der Waals surface area contributed by atoms with Crippen molar-refractivity contribution in [3.05, 3.63) is 60.2 Å². The molecule has 166 valence electrons. The van der Waals surface area contributed by atoms with E-state index in [4.69, 9.17) is 0 Å². The van der Waals surface area contributed by atoms with Crippen LogP contribution in [0.4, 0.5) is 5.69 Å². The predicted octanol–water partition coefficient (Wildman–Crippen LogP) is 3.05. The molecule has 6 nitrogen and oxygen atoms in total. The number of nitrogens with one attached hydrogen (secondary N) is 1. The van der Waals surface area contributed by atoms with Gasteiger partial charge in [-0.05, 0) is 61.9 Å². The van der Waals surface area contributed by atoms with Crippen LogP contribution in [0.3, 0.4) is 0 Å². The van der Waals surface area contributed by atoms with E-state index in [1.807, 2.05) is 42.5 Å². The molecule has 1 N–H and O–H groups in total. The second-order valence-electron chi connectivity index (χ2n) is 8.42. The quantitative estimate of drug-likeness (QED) is 0.717. The van der Waals surface area contributed by atoms with E-state index in [-0.39, 0.29) is 18.4 Å². The van der Waals surface area contributed by atoms with Crippen LogP contribution in [0, 0.1) is 5.92 Å². The van der Waals surface area contributed by atoms with E-state index in [1.165, 1.54) is 22.7 Å². The second kappa shape index (κ2) is 9.83. The molecule has 0 aromatic heterocycles. The highest BCUT2D eigenvalue weighted by atomic mass is 32.2. The summed E-state index contributed by atoms with van der Waals surface area (Å²) in [7, 11) is -3.60. The summed E-state index contributed by atoms with van der Waals surface area (Å²) in [5.74, 6) is -0.358. The Morgan fingerprint density at radius 2 is 1.65 bits per heavy atom. The molecule has 4 rings (SSSR count). The highest BCUT2D eigenvalue weighted by molar-refractivity contribution is 7.89. The monoisotopic (exact) mass is 441 g/mol. The van der Waals surface area contributed by atoms with Crippen LogP contribution in [0.15, 0.2) is 59.5 Å². The molecular formula is C24H31N3O3S. The van der Waals surface area contributed by atoms with Gasteiger partial charge in [0.15, 0.2) is 0 Å². The van der Waals surface area contributed by atoms with Crippen LogP contribution in [0.25, 0.3) is 0 Å². The molecule has 2 aliphatic heterocycles. The number of carbonyl (C=O) groups is 1. The van der Waals surface area contributed by atoms with Crippen molar-refractivity contribution in [1.82, 2.24) is 9.62 Å². The van der Waals surface area contributed by atoms with Crippen molar-refractivity contribution in [2.75, 3.05) is 37.6 Å². The number of nitrogens with zero attached hydrogens (tertiary/aromatic N) is 2. The van der Waals surface area contributed by atoms with Crippen LogP contribution >= 0.6 is 0 Å². The maximum atomic E-state index is 13.2. The molecule has 7 heteroatoms. The van der Waals surface area contributed by atoms with E-state index in [9.17, 15) is 13.2 Å². The van der Waals surface area contributed by atoms with E-state index in [0.717, 1.165) is 31.6 Å². The molecular weight excluding hydrogens is 410 g/mol. The molecule has 0 bridgehead atoms. The lowest BCUT2D eigenvalue weighted by Gasteiger charge is -2.31. The number of hydrogen-bond acceptors (Lipinski definition) is 4. The van der Waals surface area contributed by atoms with E-state index < -0.39 is 10.0 Å². The standard InChI is InChI=1S/C24H31N3O3S/c28-24(25-15-14-20-7-2-1-3-8-20)21-9-6-18-27(19-21)31(29,30)23-12-10-22(11-13-23)26-16-4-5-17-26/h1-3,7-8,10-13,21H,4-6,9,14-19H2,(H,25,28). The van der Waals surface area contributed by atoms with Crippen LogP contribution in [-0.4, -0.2) is 51.4 Å². The van der Waals surface area contributed by atoms with Gasteiger partial charge in [-0.15, -0.1) is 0 Å². The molecule has 2 aromatic carbocycles. The molecule has 0 aliphatic carbocycles. The Kier molecular flexibility index (Phi) is 6.92. The van der Waals surface area contributed by atoms with Crippen molar-refractivity contribution in [2.24, 2.45) is 5.92 Å². The molecule has 2 fully saturated rings. The number of benzene rings is 2. The molecule has 31 heavy (non-hydrogen) atoms. The summed E-state index contributed by atoms with van der Waals surface area (Å²) < 4.78 is 27.8. The van der Waals surface area contributed by atoms with E-state index >= 15 is 0 Å². The fourth-order valence-electron chi connectivity index (χ4n) is 4.45. The summed E-state index contributed by atoms with van der Waals surface area (Å²) in [6, 6.07) is 17.2. The molecule has 2 heterocycles. The number of rotatable bonds is 7. The second-order valence-corrected chi connectivity index (χ2v) is 10.4. The minimum Gasteiger partial charge on any atom is -0.372 e. The topological polar surface area (TPSA) is 69.7 Å². The van der Waals surface area contributed by atoms with Crippen molar-refractivity contribution >= 4 is 21.6 Å². The first-order chi connectivity index (χ1) is 15.0. The Morgan fingerprint density at radius 3 is 2.35 bits per heavy atom. The van der Waals surface area contributed by atoms with Crippen molar-refractivity contribution < 1.29 is 13.2 Å². The van der Waals surface area contributed by atoms with Gasteiger partial charge >= 0.3 is 0 Å². The summed E-state index contributed by atoms with van der Waals surface area (Å²) >= 11 is 0. The van der Waals surface area contributed by atoms with Crippen molar-refractivity contribution in [1.29, 1.82) is 0 Å². The third kappa shape index (κ3) is 5.28. The largest absolute Gasteiger partial charge is 0.372 e. The van der Waals surface area contributed by atoms with Crippen molar-refractivity contribution in [3.63, 3.8) is 0 Å². The zero-order valence-electron chi connectivity index (χ0n) is 17.9. The average molecular weight is 442 g/mol. The van der Waals surface area contributed by atoms with Crippen LogP contribution in [0.1, 0.15) is 31.2 Å². The highest BCUT2D eigenvalue weighted by Crippen LogP contribution is 2.26. The maximum absolute atomic E-state index is 13.2. The van der Waals surface area contributed by atoms with Gasteiger partial charge in [-0.25, -0.2) is 8.42 Å². The van der Waals surface area contributed by atoms with E-state index in [2.05, 4.69) is 10.2 Å². The molecule has 1 amide bonds. The fourth-order valence-corrected chi connectivity index (χ4v) is 5.97. The van der Waals surface area contributed by atoms with Crippen molar-refractivity contribution in [3.8, 4) is 0 Å². The van der Waals surface area contributed by atoms with E-state index in [0.29, 0.717) is 24.4 Å². The zero-order chi connectivity index (χ0) is 21.7. The van der Waals surface area contributed by atoms with Gasteiger partial charge in [-0.1, -0.05) is 30.3 Å². The van der Waals surface area contributed by atoms with Crippen LogP contribution in [-0.2, 0) is 21.2 Å². The van der Waals surface area contributed by atoms with Crippen LogP contribution < -0.4 is 10.2 Å². The fraction of sp³-hybridized carbons (Fsp3) is 0.458. The minimum absolute atomic E-state index is 0.0554. The van der Waals surface area contributed by atoms with Crippen LogP contribution in [0.2, 0.25) is 0 Å². The van der Waals surface area contributed by atoms with Gasteiger partial charge in [0, 0.05) is 38.4 Å². The SMILES string of the molecule is O=C(NCCc1ccccc1)C1CCCN(S(=O)(=O)c2ccc(N3CCCC3)cc2)C1. The highest BCUT2D eigenvalue weighted by Gasteiger charge is 2.33. The van der Waals surface area contributed by atoms with Gasteiger partial charge in [-0.3, -0.25) is 4.79 Å². The third-order valence-electron chi connectivity index (χ3n) is 6.26. The van der Waals surface area contributed by atoms with Gasteiger partial charge in [0.1, 0.15) is 0 Å². The van der Waals surface area contributed by atoms with Crippen LogP contribution in [0.5, 0.6) is 0 Å². The Morgan fingerprint density at radius 1 is 0.935 bits per heavy atom. The number of carbonyl (C=O) groups excluding carboxylic acids is 1. The number of sulfonamides is 1. The Balaban J connectivity index is 1.34. The molecule has 0 saturated carbocycles. The summed E-state index contributed by atoms with van der Waals surface area (Å²) in [5.41, 5.74) is 2.25. The first kappa shape index (κ1) is 21.8. The number of piperidine rings is 1. The molecule has 2 saturated heterocycles. The molecule has 1 atom stereocenters. The summed E-state index contributed by atoms with van der Waals surface area (Å²) in [5, 5.41) is 2.99. The zero-order valence-corrected chi connectivity index (χ0v) is 18.7. The van der Waals surface area contributed by atoms with Gasteiger partial charge in [0.05, 0.1) is 10.8 Å². The van der Waals surface area contributed by atoms with Crippen molar-refractivity contribution in [2.45, 2.75) is 37.0 Å². The molecule has 2 aromatic rings.